The van der Waals surface area contributed by atoms with Crippen molar-refractivity contribution in [3.05, 3.63) is 29.3 Å². The molecule has 0 atom stereocenters. The molecule has 18 heavy (non-hydrogen) atoms. The maximum Gasteiger partial charge on any atom is 0.255 e. The van der Waals surface area contributed by atoms with Crippen molar-refractivity contribution in [2.24, 2.45) is 0 Å². The summed E-state index contributed by atoms with van der Waals surface area (Å²) in [6, 6.07) is 5.63. The highest BCUT2D eigenvalue weighted by Crippen LogP contribution is 2.20. The second kappa shape index (κ2) is 6.40. The minimum atomic E-state index is -0.228. The molecule has 100 valence electrons. The third-order valence-electron chi connectivity index (χ3n) is 3.11. The van der Waals surface area contributed by atoms with Crippen LogP contribution in [0.1, 0.15) is 29.8 Å². The minimum Gasteiger partial charge on any atom is -0.507 e. The van der Waals surface area contributed by atoms with E-state index in [1.807, 2.05) is 7.05 Å². The van der Waals surface area contributed by atoms with Crippen molar-refractivity contribution in [2.45, 2.75) is 26.8 Å². The molecule has 1 aromatic carbocycles. The second-order valence-electron chi connectivity index (χ2n) is 4.80. The van der Waals surface area contributed by atoms with Crippen LogP contribution in [0.3, 0.4) is 0 Å². The molecule has 0 aliphatic carbocycles. The molecule has 2 N–H and O–H groups in total. The number of aromatic hydroxyl groups is 1. The molecule has 0 fully saturated rings. The molecule has 0 unspecified atom stereocenters. The third kappa shape index (κ3) is 3.74. The van der Waals surface area contributed by atoms with Gasteiger partial charge in [-0.1, -0.05) is 12.1 Å². The van der Waals surface area contributed by atoms with Crippen LogP contribution in [0.15, 0.2) is 18.2 Å². The highest BCUT2D eigenvalue weighted by atomic mass is 16.3. The Bertz CT molecular complexity index is 416. The average Bonchev–Trinajstić information content (AvgIpc) is 2.32. The van der Waals surface area contributed by atoms with E-state index in [9.17, 15) is 9.90 Å². The van der Waals surface area contributed by atoms with Crippen molar-refractivity contribution in [1.29, 1.82) is 0 Å². The van der Waals surface area contributed by atoms with Crippen molar-refractivity contribution in [2.75, 3.05) is 20.1 Å². The summed E-state index contributed by atoms with van der Waals surface area (Å²) < 4.78 is 0. The summed E-state index contributed by atoms with van der Waals surface area (Å²) >= 11 is 0. The number of amides is 1. The Balaban J connectivity index is 2.54. The van der Waals surface area contributed by atoms with Crippen LogP contribution in [-0.2, 0) is 0 Å². The van der Waals surface area contributed by atoms with E-state index in [0.29, 0.717) is 23.7 Å². The van der Waals surface area contributed by atoms with Gasteiger partial charge in [0.1, 0.15) is 5.75 Å². The fourth-order valence-corrected chi connectivity index (χ4v) is 1.54. The topological polar surface area (TPSA) is 52.6 Å². The lowest BCUT2D eigenvalue weighted by atomic mass is 10.1. The fraction of sp³-hybridized carbons (Fsp3) is 0.500. The molecule has 0 bridgehead atoms. The van der Waals surface area contributed by atoms with Gasteiger partial charge in [-0.25, -0.2) is 0 Å². The number of carbonyl (C=O) groups is 1. The number of para-hydroxylation sites is 1. The van der Waals surface area contributed by atoms with Crippen LogP contribution < -0.4 is 5.32 Å². The molecule has 1 aromatic rings. The summed E-state index contributed by atoms with van der Waals surface area (Å²) in [5, 5.41) is 12.6. The molecular formula is C14H22N2O2. The molecule has 1 rings (SSSR count). The quantitative estimate of drug-likeness (QED) is 0.837. The zero-order chi connectivity index (χ0) is 13.7. The summed E-state index contributed by atoms with van der Waals surface area (Å²) in [6.45, 7) is 7.35. The first-order valence-electron chi connectivity index (χ1n) is 6.20. The van der Waals surface area contributed by atoms with Crippen molar-refractivity contribution < 1.29 is 9.90 Å². The van der Waals surface area contributed by atoms with E-state index in [1.165, 1.54) is 0 Å². The number of phenolic OH excluding ortho intramolecular Hbond substituents is 1. The molecule has 0 aliphatic rings. The molecular weight excluding hydrogens is 228 g/mol. The van der Waals surface area contributed by atoms with E-state index in [0.717, 1.165) is 6.54 Å². The van der Waals surface area contributed by atoms with Crippen molar-refractivity contribution in [3.8, 4) is 5.75 Å². The van der Waals surface area contributed by atoms with Gasteiger partial charge in [0.2, 0.25) is 0 Å². The summed E-state index contributed by atoms with van der Waals surface area (Å²) in [6.07, 6.45) is 0. The predicted molar refractivity (Wildman–Crippen MR) is 72.9 cm³/mol. The lowest BCUT2D eigenvalue weighted by Crippen LogP contribution is -2.36. The van der Waals surface area contributed by atoms with Gasteiger partial charge in [0.05, 0.1) is 5.56 Å². The van der Waals surface area contributed by atoms with Gasteiger partial charge < -0.3 is 15.3 Å². The van der Waals surface area contributed by atoms with Crippen molar-refractivity contribution in [1.82, 2.24) is 10.2 Å². The molecule has 4 nitrogen and oxygen atoms in total. The smallest absolute Gasteiger partial charge is 0.255 e. The Morgan fingerprint density at radius 3 is 2.72 bits per heavy atom. The van der Waals surface area contributed by atoms with E-state index in [4.69, 9.17) is 0 Å². The maximum atomic E-state index is 11.9. The minimum absolute atomic E-state index is 0.0622. The maximum absolute atomic E-state index is 11.9. The number of hydrogen-bond acceptors (Lipinski definition) is 3. The van der Waals surface area contributed by atoms with Crippen LogP contribution in [0.4, 0.5) is 0 Å². The molecule has 1 amide bonds. The standard InChI is InChI=1S/C14H22N2O2/c1-10(2)16(4)9-8-15-14(18)12-7-5-6-11(3)13(12)17/h5-7,10,17H,8-9H2,1-4H3,(H,15,18). The van der Waals surface area contributed by atoms with Crippen LogP contribution in [0, 0.1) is 6.92 Å². The van der Waals surface area contributed by atoms with Crippen LogP contribution in [0.2, 0.25) is 0 Å². The first-order valence-corrected chi connectivity index (χ1v) is 6.20. The lowest BCUT2D eigenvalue weighted by Gasteiger charge is -2.20. The number of hydrogen-bond donors (Lipinski definition) is 2. The highest BCUT2D eigenvalue weighted by molar-refractivity contribution is 5.97. The van der Waals surface area contributed by atoms with E-state index in [1.54, 1.807) is 25.1 Å². The van der Waals surface area contributed by atoms with Crippen molar-refractivity contribution >= 4 is 5.91 Å². The molecule has 0 spiro atoms. The first kappa shape index (κ1) is 14.5. The molecule has 0 saturated carbocycles. The number of phenols is 1. The fourth-order valence-electron chi connectivity index (χ4n) is 1.54. The van der Waals surface area contributed by atoms with E-state index >= 15 is 0 Å². The summed E-state index contributed by atoms with van der Waals surface area (Å²) in [5.74, 6) is -0.166. The Morgan fingerprint density at radius 2 is 2.11 bits per heavy atom. The molecule has 0 aliphatic heterocycles. The second-order valence-corrected chi connectivity index (χ2v) is 4.80. The summed E-state index contributed by atoms with van der Waals surface area (Å²) in [5.41, 5.74) is 1.05. The van der Waals surface area contributed by atoms with E-state index in [2.05, 4.69) is 24.1 Å². The van der Waals surface area contributed by atoms with Crippen LogP contribution in [0.25, 0.3) is 0 Å². The predicted octanol–water partition coefficient (Wildman–Crippen LogP) is 1.77. The first-order chi connectivity index (χ1) is 8.43. The van der Waals surface area contributed by atoms with E-state index in [-0.39, 0.29) is 11.7 Å². The Labute approximate surface area is 109 Å². The molecule has 0 aromatic heterocycles. The zero-order valence-corrected chi connectivity index (χ0v) is 11.5. The van der Waals surface area contributed by atoms with Gasteiger partial charge in [-0.3, -0.25) is 4.79 Å². The molecule has 0 saturated heterocycles. The number of carbonyl (C=O) groups excluding carboxylic acids is 1. The molecule has 0 heterocycles. The van der Waals surface area contributed by atoms with Crippen LogP contribution in [-0.4, -0.2) is 42.1 Å². The Kier molecular flexibility index (Phi) is 5.16. The summed E-state index contributed by atoms with van der Waals surface area (Å²) in [4.78, 5) is 14.0. The van der Waals surface area contributed by atoms with Gasteiger partial charge in [-0.05, 0) is 39.4 Å². The average molecular weight is 250 g/mol. The lowest BCUT2D eigenvalue weighted by molar-refractivity contribution is 0.0945. The molecule has 0 radical (unpaired) electrons. The molecule has 4 heteroatoms. The number of nitrogens with one attached hydrogen (secondary N) is 1. The largest absolute Gasteiger partial charge is 0.507 e. The van der Waals surface area contributed by atoms with Gasteiger partial charge in [0.25, 0.3) is 5.91 Å². The number of nitrogens with zero attached hydrogens (tertiary/aromatic N) is 1. The van der Waals surface area contributed by atoms with Crippen molar-refractivity contribution in [3.63, 3.8) is 0 Å². The van der Waals surface area contributed by atoms with Gasteiger partial charge in [-0.2, -0.15) is 0 Å². The number of likely N-dealkylation sites (N-methyl/N-ethyl adjacent to an activating group) is 1. The normalized spacial score (nSPS) is 11.0. The van der Waals surface area contributed by atoms with Gasteiger partial charge in [0, 0.05) is 19.1 Å². The van der Waals surface area contributed by atoms with Gasteiger partial charge in [0.15, 0.2) is 0 Å². The zero-order valence-electron chi connectivity index (χ0n) is 11.5. The third-order valence-corrected chi connectivity index (χ3v) is 3.11. The highest BCUT2D eigenvalue weighted by Gasteiger charge is 2.12. The van der Waals surface area contributed by atoms with Gasteiger partial charge >= 0.3 is 0 Å². The summed E-state index contributed by atoms with van der Waals surface area (Å²) in [7, 11) is 2.01. The van der Waals surface area contributed by atoms with Crippen LogP contribution >= 0.6 is 0 Å². The Morgan fingerprint density at radius 1 is 1.44 bits per heavy atom. The number of rotatable bonds is 5. The Hall–Kier alpha value is -1.55. The van der Waals surface area contributed by atoms with Gasteiger partial charge in [-0.15, -0.1) is 0 Å². The SMILES string of the molecule is Cc1cccc(C(=O)NCCN(C)C(C)C)c1O. The number of aryl methyl sites for hydroxylation is 1. The monoisotopic (exact) mass is 250 g/mol. The number of benzene rings is 1. The van der Waals surface area contributed by atoms with Crippen LogP contribution in [0.5, 0.6) is 5.75 Å². The van der Waals surface area contributed by atoms with E-state index < -0.39 is 0 Å².